The number of hydrogen-bond donors (Lipinski definition) is 1. The molecule has 2 aromatic rings. The highest BCUT2D eigenvalue weighted by atomic mass is 16.6. The highest BCUT2D eigenvalue weighted by Crippen LogP contribution is 2.27. The number of aromatic nitrogens is 1. The zero-order chi connectivity index (χ0) is 22.7. The van der Waals surface area contributed by atoms with E-state index in [4.69, 9.17) is 4.74 Å². The summed E-state index contributed by atoms with van der Waals surface area (Å²) in [4.78, 5) is 29.5. The number of nitrogens with one attached hydrogen (secondary N) is 1. The normalized spacial score (nSPS) is 17.5. The molecular weight excluding hydrogens is 404 g/mol. The average molecular weight is 439 g/mol. The lowest BCUT2D eigenvalue weighted by molar-refractivity contribution is 0.0187. The Bertz CT molecular complexity index is 948. The molecule has 0 bridgehead atoms. The number of carbonyl (C=O) groups excluding carboxylic acids is 2. The molecule has 7 heteroatoms. The van der Waals surface area contributed by atoms with Gasteiger partial charge in [0.25, 0.3) is 5.91 Å². The van der Waals surface area contributed by atoms with Crippen LogP contribution in [0.15, 0.2) is 42.6 Å². The van der Waals surface area contributed by atoms with E-state index in [1.165, 1.54) is 12.8 Å². The van der Waals surface area contributed by atoms with Crippen LogP contribution in [0, 0.1) is 0 Å². The fraction of sp³-hybridized carbons (Fsp3) is 0.520. The molecule has 7 nitrogen and oxygen atoms in total. The van der Waals surface area contributed by atoms with Gasteiger partial charge in [0.1, 0.15) is 11.3 Å². The number of amides is 2. The maximum atomic E-state index is 13.1. The Morgan fingerprint density at radius 2 is 1.72 bits per heavy atom. The molecule has 2 saturated heterocycles. The first kappa shape index (κ1) is 22.2. The molecule has 2 aliphatic heterocycles. The topological polar surface area (TPSA) is 66.8 Å². The van der Waals surface area contributed by atoms with Gasteiger partial charge >= 0.3 is 6.09 Å². The van der Waals surface area contributed by atoms with Crippen LogP contribution in [0.2, 0.25) is 0 Å². The predicted octanol–water partition coefficient (Wildman–Crippen LogP) is 4.91. The summed E-state index contributed by atoms with van der Waals surface area (Å²) in [7, 11) is 0. The van der Waals surface area contributed by atoms with Crippen LogP contribution in [0.3, 0.4) is 0 Å². The summed E-state index contributed by atoms with van der Waals surface area (Å²) in [5.74, 6) is -0.108. The molecule has 4 rings (SSSR count). The van der Waals surface area contributed by atoms with Gasteiger partial charge in [-0.2, -0.15) is 0 Å². The second-order valence-corrected chi connectivity index (χ2v) is 9.70. The summed E-state index contributed by atoms with van der Waals surface area (Å²) in [5, 5.41) is 3.07. The van der Waals surface area contributed by atoms with Crippen LogP contribution in [0.25, 0.3) is 0 Å². The molecule has 0 atom stereocenters. The van der Waals surface area contributed by atoms with Crippen molar-refractivity contribution in [2.45, 2.75) is 58.1 Å². The zero-order valence-electron chi connectivity index (χ0n) is 19.3. The molecule has 0 unspecified atom stereocenters. The second kappa shape index (κ2) is 9.27. The Hall–Kier alpha value is -2.96. The molecule has 32 heavy (non-hydrogen) atoms. The SMILES string of the molecule is CC(C)(C)OC(=O)N1CCC(n2cccc2C(=O)Nc2cccc(N3CCCC3)c2)CC1. The van der Waals surface area contributed by atoms with Crippen molar-refractivity contribution in [1.29, 1.82) is 0 Å². The predicted molar refractivity (Wildman–Crippen MR) is 126 cm³/mol. The number of carbonyl (C=O) groups is 2. The molecule has 172 valence electrons. The van der Waals surface area contributed by atoms with E-state index >= 15 is 0 Å². The van der Waals surface area contributed by atoms with E-state index in [2.05, 4.69) is 22.3 Å². The first-order valence-electron chi connectivity index (χ1n) is 11.6. The van der Waals surface area contributed by atoms with Gasteiger partial charge in [0.15, 0.2) is 0 Å². The number of benzene rings is 1. The van der Waals surface area contributed by atoms with Crippen molar-refractivity contribution in [2.24, 2.45) is 0 Å². The van der Waals surface area contributed by atoms with Crippen molar-refractivity contribution in [3.05, 3.63) is 48.3 Å². The summed E-state index contributed by atoms with van der Waals surface area (Å²) in [6, 6.07) is 12.0. The standard InChI is InChI=1S/C25H34N4O3/c1-25(2,3)32-24(31)28-16-11-20(12-17-28)29-15-7-10-22(29)23(30)26-19-8-6-9-21(18-19)27-13-4-5-14-27/h6-10,15,18,20H,4-5,11-14,16-17H2,1-3H3,(H,26,30). The first-order chi connectivity index (χ1) is 15.3. The van der Waals surface area contributed by atoms with Crippen LogP contribution in [0.4, 0.5) is 16.2 Å². The molecule has 2 amide bonds. The minimum atomic E-state index is -0.494. The first-order valence-corrected chi connectivity index (χ1v) is 11.6. The maximum absolute atomic E-state index is 13.1. The molecule has 1 N–H and O–H groups in total. The van der Waals surface area contributed by atoms with Gasteiger partial charge < -0.3 is 24.4 Å². The fourth-order valence-electron chi connectivity index (χ4n) is 4.51. The Labute approximate surface area is 190 Å². The van der Waals surface area contributed by atoms with Crippen LogP contribution < -0.4 is 10.2 Å². The number of likely N-dealkylation sites (tertiary alicyclic amines) is 1. The molecular formula is C25H34N4O3. The lowest BCUT2D eigenvalue weighted by atomic mass is 10.0. The van der Waals surface area contributed by atoms with E-state index in [0.29, 0.717) is 18.8 Å². The van der Waals surface area contributed by atoms with E-state index in [0.717, 1.165) is 37.3 Å². The molecule has 2 aliphatic rings. The van der Waals surface area contributed by atoms with Crippen molar-refractivity contribution in [3.63, 3.8) is 0 Å². The molecule has 0 aliphatic carbocycles. The Morgan fingerprint density at radius 1 is 1.00 bits per heavy atom. The third-order valence-corrected chi connectivity index (χ3v) is 6.10. The maximum Gasteiger partial charge on any atom is 0.410 e. The molecule has 1 aromatic carbocycles. The van der Waals surface area contributed by atoms with Crippen molar-refractivity contribution in [2.75, 3.05) is 36.4 Å². The molecule has 3 heterocycles. The quantitative estimate of drug-likeness (QED) is 0.736. The smallest absolute Gasteiger partial charge is 0.410 e. The monoisotopic (exact) mass is 438 g/mol. The van der Waals surface area contributed by atoms with E-state index in [-0.39, 0.29) is 18.0 Å². The molecule has 1 aromatic heterocycles. The minimum absolute atomic E-state index is 0.108. The van der Waals surface area contributed by atoms with Crippen molar-refractivity contribution < 1.29 is 14.3 Å². The Balaban J connectivity index is 1.38. The van der Waals surface area contributed by atoms with Gasteiger partial charge in [-0.3, -0.25) is 4.79 Å². The third kappa shape index (κ3) is 5.26. The molecule has 0 radical (unpaired) electrons. The molecule has 2 fully saturated rings. The summed E-state index contributed by atoms with van der Waals surface area (Å²) in [5.41, 5.74) is 2.12. The van der Waals surface area contributed by atoms with E-state index in [9.17, 15) is 9.59 Å². The molecule has 0 saturated carbocycles. The highest BCUT2D eigenvalue weighted by Gasteiger charge is 2.28. The lowest BCUT2D eigenvalue weighted by Crippen LogP contribution is -2.42. The summed E-state index contributed by atoms with van der Waals surface area (Å²) >= 11 is 0. The van der Waals surface area contributed by atoms with E-state index < -0.39 is 5.60 Å². The second-order valence-electron chi connectivity index (χ2n) is 9.70. The largest absolute Gasteiger partial charge is 0.444 e. The zero-order valence-corrected chi connectivity index (χ0v) is 19.3. The van der Waals surface area contributed by atoms with Crippen LogP contribution >= 0.6 is 0 Å². The summed E-state index contributed by atoms with van der Waals surface area (Å²) in [6.45, 7) is 9.02. The van der Waals surface area contributed by atoms with Crippen LogP contribution in [0.1, 0.15) is 63.0 Å². The van der Waals surface area contributed by atoms with E-state index in [1.54, 1.807) is 4.90 Å². The minimum Gasteiger partial charge on any atom is -0.444 e. The van der Waals surface area contributed by atoms with Gasteiger partial charge in [0.05, 0.1) is 0 Å². The van der Waals surface area contributed by atoms with Gasteiger partial charge in [-0.05, 0) is 76.8 Å². The van der Waals surface area contributed by atoms with Crippen molar-refractivity contribution >= 4 is 23.4 Å². The van der Waals surface area contributed by atoms with Crippen LogP contribution in [-0.4, -0.2) is 53.2 Å². The van der Waals surface area contributed by atoms with Gasteiger partial charge in [-0.1, -0.05) is 6.07 Å². The number of piperidine rings is 1. The Kier molecular flexibility index (Phi) is 6.44. The van der Waals surface area contributed by atoms with Gasteiger partial charge in [-0.25, -0.2) is 4.79 Å². The van der Waals surface area contributed by atoms with Gasteiger partial charge in [0, 0.05) is 49.8 Å². The van der Waals surface area contributed by atoms with Crippen LogP contribution in [0.5, 0.6) is 0 Å². The number of hydrogen-bond acceptors (Lipinski definition) is 4. The average Bonchev–Trinajstić information content (AvgIpc) is 3.45. The molecule has 0 spiro atoms. The van der Waals surface area contributed by atoms with Crippen LogP contribution in [-0.2, 0) is 4.74 Å². The lowest BCUT2D eigenvalue weighted by Gasteiger charge is -2.34. The third-order valence-electron chi connectivity index (χ3n) is 6.10. The summed E-state index contributed by atoms with van der Waals surface area (Å²) < 4.78 is 7.54. The highest BCUT2D eigenvalue weighted by molar-refractivity contribution is 6.03. The van der Waals surface area contributed by atoms with Crippen molar-refractivity contribution in [1.82, 2.24) is 9.47 Å². The number of nitrogens with zero attached hydrogens (tertiary/aromatic N) is 3. The van der Waals surface area contributed by atoms with Crippen molar-refractivity contribution in [3.8, 4) is 0 Å². The summed E-state index contributed by atoms with van der Waals surface area (Å²) in [6.07, 6.45) is 5.72. The van der Waals surface area contributed by atoms with E-state index in [1.807, 2.05) is 55.8 Å². The van der Waals surface area contributed by atoms with Gasteiger partial charge in [-0.15, -0.1) is 0 Å². The number of anilines is 2. The number of rotatable bonds is 4. The Morgan fingerprint density at radius 3 is 2.41 bits per heavy atom. The fourth-order valence-corrected chi connectivity index (χ4v) is 4.51. The number of ether oxygens (including phenoxy) is 1. The van der Waals surface area contributed by atoms with Gasteiger partial charge in [0.2, 0.25) is 0 Å².